The molecule has 1 heterocycles. The van der Waals surface area contributed by atoms with Crippen LogP contribution in [0.4, 0.5) is 4.39 Å². The molecule has 0 saturated heterocycles. The van der Waals surface area contributed by atoms with Crippen LogP contribution in [0.25, 0.3) is 22.5 Å². The first-order chi connectivity index (χ1) is 16.0. The number of allylic oxidation sites excluding steroid dienone is 3. The van der Waals surface area contributed by atoms with E-state index in [0.717, 1.165) is 22.3 Å². The van der Waals surface area contributed by atoms with E-state index in [1.807, 2.05) is 50.3 Å². The van der Waals surface area contributed by atoms with Crippen LogP contribution in [-0.4, -0.2) is 42.2 Å². The van der Waals surface area contributed by atoms with Crippen molar-refractivity contribution >= 4 is 11.1 Å². The number of rotatable bonds is 10. The molecule has 2 aromatic carbocycles. The van der Waals surface area contributed by atoms with Gasteiger partial charge in [0.05, 0.1) is 13.2 Å². The number of methoxy groups -OCH3 is 1. The van der Waals surface area contributed by atoms with Gasteiger partial charge in [0, 0.05) is 18.2 Å². The van der Waals surface area contributed by atoms with Gasteiger partial charge in [-0.1, -0.05) is 42.1 Å². The Balaban J connectivity index is 1.89. The highest BCUT2D eigenvalue weighted by molar-refractivity contribution is 5.84. The second-order valence-electron chi connectivity index (χ2n) is 7.28. The monoisotopic (exact) mass is 450 g/mol. The zero-order valence-corrected chi connectivity index (χ0v) is 19.0. The number of aliphatic hydroxyl groups excluding tert-OH is 1. The number of aromatic nitrogens is 2. The van der Waals surface area contributed by atoms with Crippen LogP contribution in [0.1, 0.15) is 23.9 Å². The van der Waals surface area contributed by atoms with Crippen molar-refractivity contribution in [1.82, 2.24) is 10.1 Å². The fraction of sp³-hybridized carbons (Fsp3) is 0.231. The van der Waals surface area contributed by atoms with E-state index in [2.05, 4.69) is 16.7 Å². The molecule has 3 aromatic rings. The Kier molecular flexibility index (Phi) is 8.29. The molecule has 0 amide bonds. The van der Waals surface area contributed by atoms with Gasteiger partial charge in [-0.3, -0.25) is 0 Å². The molecular weight excluding hydrogens is 423 g/mol. The minimum atomic E-state index is -0.574. The zero-order chi connectivity index (χ0) is 23.8. The number of aliphatic hydroxyl groups is 1. The lowest BCUT2D eigenvalue weighted by Crippen LogP contribution is -2.03. The third kappa shape index (κ3) is 5.83. The maximum absolute atomic E-state index is 14.3. The van der Waals surface area contributed by atoms with Crippen molar-refractivity contribution in [2.75, 3.05) is 26.9 Å². The number of hydrogen-bond acceptors (Lipinski definition) is 6. The molecule has 0 saturated carbocycles. The van der Waals surface area contributed by atoms with E-state index in [1.165, 1.54) is 12.1 Å². The maximum atomic E-state index is 14.3. The summed E-state index contributed by atoms with van der Waals surface area (Å²) < 4.78 is 30.3. The topological polar surface area (TPSA) is 77.6 Å². The number of aryl methyl sites for hydroxylation is 1. The predicted octanol–water partition coefficient (Wildman–Crippen LogP) is 5.24. The molecule has 1 N–H and O–H groups in total. The molecular formula is C26H27FN2O4. The number of halogens is 1. The average Bonchev–Trinajstić information content (AvgIpc) is 3.31. The molecule has 0 radical (unpaired) electrons. The Morgan fingerprint density at radius 3 is 2.70 bits per heavy atom. The summed E-state index contributed by atoms with van der Waals surface area (Å²) >= 11 is 0. The van der Waals surface area contributed by atoms with E-state index in [4.69, 9.17) is 19.1 Å². The molecule has 33 heavy (non-hydrogen) atoms. The molecule has 0 spiro atoms. The molecule has 0 aliphatic carbocycles. The van der Waals surface area contributed by atoms with E-state index in [0.29, 0.717) is 23.6 Å². The van der Waals surface area contributed by atoms with Crippen LogP contribution in [-0.2, 0) is 4.74 Å². The first kappa shape index (κ1) is 24.1. The maximum Gasteiger partial charge on any atom is 0.257 e. The summed E-state index contributed by atoms with van der Waals surface area (Å²) in [4.78, 5) is 4.44. The molecule has 7 heteroatoms. The van der Waals surface area contributed by atoms with Crippen molar-refractivity contribution in [3.8, 4) is 17.1 Å². The summed E-state index contributed by atoms with van der Waals surface area (Å²) in [6.07, 6.45) is 3.76. The molecule has 0 aliphatic heterocycles. The van der Waals surface area contributed by atoms with Gasteiger partial charge in [-0.05, 0) is 60.4 Å². The van der Waals surface area contributed by atoms with Crippen molar-refractivity contribution in [2.24, 2.45) is 0 Å². The second-order valence-corrected chi connectivity index (χ2v) is 7.28. The molecule has 0 atom stereocenters. The first-order valence-corrected chi connectivity index (χ1v) is 10.5. The Morgan fingerprint density at radius 1 is 1.24 bits per heavy atom. The van der Waals surface area contributed by atoms with Gasteiger partial charge in [0.1, 0.15) is 6.61 Å². The third-order valence-electron chi connectivity index (χ3n) is 5.01. The van der Waals surface area contributed by atoms with Crippen LogP contribution < -0.4 is 4.74 Å². The Hall–Kier alpha value is -3.55. The number of ether oxygens (including phenoxy) is 2. The molecule has 0 fully saturated rings. The lowest BCUT2D eigenvalue weighted by molar-refractivity contribution is 0.196. The van der Waals surface area contributed by atoms with Crippen molar-refractivity contribution in [2.45, 2.75) is 13.8 Å². The first-order valence-electron chi connectivity index (χ1n) is 10.5. The highest BCUT2D eigenvalue weighted by atomic mass is 19.1. The smallest absolute Gasteiger partial charge is 0.257 e. The van der Waals surface area contributed by atoms with Crippen LogP contribution in [0.3, 0.4) is 0 Å². The van der Waals surface area contributed by atoms with Gasteiger partial charge in [-0.15, -0.1) is 0 Å². The van der Waals surface area contributed by atoms with Gasteiger partial charge in [0.25, 0.3) is 5.89 Å². The SMILES string of the molecule is C=C(/C(=C\C(=C/C)c1nc(-c2ccc(OCCO)c(F)c2)no1)COC)c1ccccc1C. The Morgan fingerprint density at radius 2 is 2.03 bits per heavy atom. The van der Waals surface area contributed by atoms with Crippen LogP contribution in [0.5, 0.6) is 5.75 Å². The van der Waals surface area contributed by atoms with Crippen LogP contribution in [0.2, 0.25) is 0 Å². The lowest BCUT2D eigenvalue weighted by atomic mass is 9.94. The number of nitrogens with zero attached hydrogens (tertiary/aromatic N) is 2. The van der Waals surface area contributed by atoms with Gasteiger partial charge in [0.15, 0.2) is 11.6 Å². The molecule has 172 valence electrons. The molecule has 0 aliphatic rings. The predicted molar refractivity (Wildman–Crippen MR) is 126 cm³/mol. The fourth-order valence-electron chi connectivity index (χ4n) is 3.28. The highest BCUT2D eigenvalue weighted by Crippen LogP contribution is 2.29. The minimum absolute atomic E-state index is 0.0111. The summed E-state index contributed by atoms with van der Waals surface area (Å²) in [5.74, 6) is 0.0129. The molecule has 0 unspecified atom stereocenters. The van der Waals surface area contributed by atoms with E-state index in [9.17, 15) is 4.39 Å². The molecule has 3 rings (SSSR count). The Bertz CT molecular complexity index is 1180. The van der Waals surface area contributed by atoms with Crippen LogP contribution in [0.15, 0.2) is 71.3 Å². The third-order valence-corrected chi connectivity index (χ3v) is 5.01. The van der Waals surface area contributed by atoms with Gasteiger partial charge < -0.3 is 19.1 Å². The number of benzene rings is 2. The van der Waals surface area contributed by atoms with Crippen LogP contribution >= 0.6 is 0 Å². The molecule has 0 bridgehead atoms. The summed E-state index contributed by atoms with van der Waals surface area (Å²) in [6, 6.07) is 12.4. The van der Waals surface area contributed by atoms with Gasteiger partial charge in [0.2, 0.25) is 5.82 Å². The summed E-state index contributed by atoms with van der Waals surface area (Å²) in [7, 11) is 1.63. The summed E-state index contributed by atoms with van der Waals surface area (Å²) in [5.41, 5.74) is 4.99. The van der Waals surface area contributed by atoms with Gasteiger partial charge in [-0.25, -0.2) is 4.39 Å². The van der Waals surface area contributed by atoms with Crippen molar-refractivity contribution < 1.29 is 23.5 Å². The average molecular weight is 451 g/mol. The molecule has 6 nitrogen and oxygen atoms in total. The quantitative estimate of drug-likeness (QED) is 0.426. The molecule has 1 aromatic heterocycles. The highest BCUT2D eigenvalue weighted by Gasteiger charge is 2.16. The van der Waals surface area contributed by atoms with Crippen LogP contribution in [0, 0.1) is 12.7 Å². The fourth-order valence-corrected chi connectivity index (χ4v) is 3.28. The largest absolute Gasteiger partial charge is 0.488 e. The second kappa shape index (κ2) is 11.4. The minimum Gasteiger partial charge on any atom is -0.488 e. The standard InChI is InChI=1S/C26H27FN2O4/c1-5-19(14-21(16-31-4)18(3)22-9-7-6-8-17(22)2)26-28-25(29-33-26)20-10-11-24(23(27)15-20)32-13-12-30/h5-11,14-15,30H,3,12-13,16H2,1-2,4H3/b19-5+,21-14-. The van der Waals surface area contributed by atoms with E-state index in [1.54, 1.807) is 13.2 Å². The van der Waals surface area contributed by atoms with E-state index in [-0.39, 0.29) is 24.8 Å². The summed E-state index contributed by atoms with van der Waals surface area (Å²) in [5, 5.41) is 12.8. The normalized spacial score (nSPS) is 12.2. The van der Waals surface area contributed by atoms with Crippen molar-refractivity contribution in [3.05, 3.63) is 89.6 Å². The number of hydrogen-bond donors (Lipinski definition) is 1. The lowest BCUT2D eigenvalue weighted by Gasteiger charge is -2.13. The van der Waals surface area contributed by atoms with E-state index >= 15 is 0 Å². The zero-order valence-electron chi connectivity index (χ0n) is 19.0. The Labute approximate surface area is 192 Å². The van der Waals surface area contributed by atoms with Gasteiger partial charge >= 0.3 is 0 Å². The van der Waals surface area contributed by atoms with Gasteiger partial charge in [-0.2, -0.15) is 4.98 Å². The summed E-state index contributed by atoms with van der Waals surface area (Å²) in [6.45, 7) is 8.33. The van der Waals surface area contributed by atoms with Crippen molar-refractivity contribution in [3.63, 3.8) is 0 Å². The van der Waals surface area contributed by atoms with E-state index < -0.39 is 5.82 Å². The van der Waals surface area contributed by atoms with Crippen molar-refractivity contribution in [1.29, 1.82) is 0 Å².